The molecule has 0 radical (unpaired) electrons. The standard InChI is InChI=1S/C12H14F3NO3/c13-12(14,15)5-6-16-7-8-19-10-3-1-9(2-4-10)11(17)18/h1-4,16H,5-8H2,(H,17,18). The predicted molar refractivity (Wildman–Crippen MR) is 62.4 cm³/mol. The lowest BCUT2D eigenvalue weighted by Crippen LogP contribution is -2.25. The zero-order valence-corrected chi connectivity index (χ0v) is 10.0. The molecule has 19 heavy (non-hydrogen) atoms. The first-order chi connectivity index (χ1) is 8.88. The van der Waals surface area contributed by atoms with Crippen LogP contribution in [-0.2, 0) is 0 Å². The van der Waals surface area contributed by atoms with Crippen molar-refractivity contribution in [3.63, 3.8) is 0 Å². The summed E-state index contributed by atoms with van der Waals surface area (Å²) in [5.74, 6) is -0.553. The SMILES string of the molecule is O=C(O)c1ccc(OCCNCCC(F)(F)F)cc1. The van der Waals surface area contributed by atoms with Crippen molar-refractivity contribution in [1.82, 2.24) is 5.32 Å². The number of alkyl halides is 3. The highest BCUT2D eigenvalue weighted by Crippen LogP contribution is 2.18. The first-order valence-corrected chi connectivity index (χ1v) is 5.62. The van der Waals surface area contributed by atoms with Gasteiger partial charge in [0.15, 0.2) is 0 Å². The molecule has 0 aliphatic rings. The summed E-state index contributed by atoms with van der Waals surface area (Å²) >= 11 is 0. The van der Waals surface area contributed by atoms with Gasteiger partial charge in [-0.1, -0.05) is 0 Å². The van der Waals surface area contributed by atoms with Crippen molar-refractivity contribution in [2.45, 2.75) is 12.6 Å². The van der Waals surface area contributed by atoms with Crippen LogP contribution in [0.4, 0.5) is 13.2 Å². The Kier molecular flexibility index (Phi) is 5.62. The molecule has 0 amide bonds. The third-order valence-electron chi connectivity index (χ3n) is 2.23. The average molecular weight is 277 g/mol. The molecule has 0 spiro atoms. The summed E-state index contributed by atoms with van der Waals surface area (Å²) in [4.78, 5) is 10.6. The molecule has 0 atom stereocenters. The molecule has 1 rings (SSSR count). The van der Waals surface area contributed by atoms with Crippen molar-refractivity contribution >= 4 is 5.97 Å². The van der Waals surface area contributed by atoms with Crippen LogP contribution >= 0.6 is 0 Å². The van der Waals surface area contributed by atoms with Crippen molar-refractivity contribution in [2.75, 3.05) is 19.7 Å². The molecule has 0 aliphatic carbocycles. The zero-order chi connectivity index (χ0) is 14.3. The van der Waals surface area contributed by atoms with Gasteiger partial charge in [-0.15, -0.1) is 0 Å². The van der Waals surface area contributed by atoms with Gasteiger partial charge in [0.2, 0.25) is 0 Å². The molecule has 0 bridgehead atoms. The Balaban J connectivity index is 2.17. The van der Waals surface area contributed by atoms with Gasteiger partial charge in [-0.05, 0) is 24.3 Å². The van der Waals surface area contributed by atoms with Gasteiger partial charge in [-0.25, -0.2) is 4.79 Å². The maximum absolute atomic E-state index is 11.8. The number of hydrogen-bond acceptors (Lipinski definition) is 3. The van der Waals surface area contributed by atoms with E-state index in [4.69, 9.17) is 9.84 Å². The van der Waals surface area contributed by atoms with Crippen LogP contribution in [0, 0.1) is 0 Å². The van der Waals surface area contributed by atoms with Gasteiger partial charge in [0, 0.05) is 13.1 Å². The summed E-state index contributed by atoms with van der Waals surface area (Å²) in [7, 11) is 0. The summed E-state index contributed by atoms with van der Waals surface area (Å²) in [5.41, 5.74) is 0.149. The largest absolute Gasteiger partial charge is 0.492 e. The van der Waals surface area contributed by atoms with Crippen molar-refractivity contribution in [1.29, 1.82) is 0 Å². The molecule has 7 heteroatoms. The minimum absolute atomic E-state index is 0.148. The number of carboxylic acids is 1. The quantitative estimate of drug-likeness (QED) is 0.751. The summed E-state index contributed by atoms with van der Waals surface area (Å²) in [5, 5.41) is 11.3. The van der Waals surface area contributed by atoms with E-state index in [1.807, 2.05) is 0 Å². The smallest absolute Gasteiger partial charge is 0.390 e. The van der Waals surface area contributed by atoms with Crippen LogP contribution in [0.3, 0.4) is 0 Å². The molecule has 0 saturated carbocycles. The number of benzene rings is 1. The fraction of sp³-hybridized carbons (Fsp3) is 0.417. The molecule has 0 heterocycles. The van der Waals surface area contributed by atoms with Crippen LogP contribution < -0.4 is 10.1 Å². The van der Waals surface area contributed by atoms with Crippen LogP contribution in [0.25, 0.3) is 0 Å². The third-order valence-corrected chi connectivity index (χ3v) is 2.23. The molecule has 0 fully saturated rings. The molecule has 0 saturated heterocycles. The van der Waals surface area contributed by atoms with E-state index >= 15 is 0 Å². The number of hydrogen-bond donors (Lipinski definition) is 2. The summed E-state index contributed by atoms with van der Waals surface area (Å²) in [6, 6.07) is 5.79. The normalized spacial score (nSPS) is 11.3. The second-order valence-corrected chi connectivity index (χ2v) is 3.79. The number of aromatic carboxylic acids is 1. The van der Waals surface area contributed by atoms with E-state index in [1.165, 1.54) is 24.3 Å². The summed E-state index contributed by atoms with van der Waals surface area (Å²) in [6.45, 7) is 0.353. The monoisotopic (exact) mass is 277 g/mol. The second kappa shape index (κ2) is 6.98. The Morgan fingerprint density at radius 3 is 2.37 bits per heavy atom. The lowest BCUT2D eigenvalue weighted by atomic mass is 10.2. The minimum atomic E-state index is -4.15. The van der Waals surface area contributed by atoms with Crippen molar-refractivity contribution in [2.24, 2.45) is 0 Å². The van der Waals surface area contributed by atoms with Crippen molar-refractivity contribution in [3.05, 3.63) is 29.8 Å². The van der Waals surface area contributed by atoms with Gasteiger partial charge in [0.05, 0.1) is 12.0 Å². The molecular formula is C12H14F3NO3. The lowest BCUT2D eigenvalue weighted by Gasteiger charge is -2.09. The van der Waals surface area contributed by atoms with Gasteiger partial charge in [-0.2, -0.15) is 13.2 Å². The topological polar surface area (TPSA) is 58.6 Å². The summed E-state index contributed by atoms with van der Waals surface area (Å²) < 4.78 is 40.7. The van der Waals surface area contributed by atoms with Crippen molar-refractivity contribution < 1.29 is 27.8 Å². The number of nitrogens with one attached hydrogen (secondary N) is 1. The van der Waals surface area contributed by atoms with E-state index in [1.54, 1.807) is 0 Å². The van der Waals surface area contributed by atoms with E-state index in [2.05, 4.69) is 5.32 Å². The zero-order valence-electron chi connectivity index (χ0n) is 10.0. The van der Waals surface area contributed by atoms with Crippen LogP contribution in [0.15, 0.2) is 24.3 Å². The Morgan fingerprint density at radius 1 is 1.21 bits per heavy atom. The van der Waals surface area contributed by atoms with E-state index in [9.17, 15) is 18.0 Å². The number of carbonyl (C=O) groups is 1. The van der Waals surface area contributed by atoms with Gasteiger partial charge >= 0.3 is 12.1 Å². The molecular weight excluding hydrogens is 263 g/mol. The molecule has 0 aromatic heterocycles. The Labute approximate surface area is 108 Å². The highest BCUT2D eigenvalue weighted by atomic mass is 19.4. The number of halogens is 3. The second-order valence-electron chi connectivity index (χ2n) is 3.79. The van der Waals surface area contributed by atoms with Crippen LogP contribution in [0.5, 0.6) is 5.75 Å². The number of rotatable bonds is 7. The summed E-state index contributed by atoms with van der Waals surface area (Å²) in [6.07, 6.45) is -5.03. The van der Waals surface area contributed by atoms with Gasteiger partial charge in [0.1, 0.15) is 12.4 Å². The van der Waals surface area contributed by atoms with Crippen LogP contribution in [0.2, 0.25) is 0 Å². The molecule has 4 nitrogen and oxygen atoms in total. The van der Waals surface area contributed by atoms with Crippen LogP contribution in [0.1, 0.15) is 16.8 Å². The predicted octanol–water partition coefficient (Wildman–Crippen LogP) is 2.31. The molecule has 1 aromatic rings. The average Bonchev–Trinajstić information content (AvgIpc) is 2.33. The molecule has 0 aliphatic heterocycles. The van der Waals surface area contributed by atoms with E-state index in [0.29, 0.717) is 5.75 Å². The van der Waals surface area contributed by atoms with Gasteiger partial charge in [-0.3, -0.25) is 0 Å². The molecule has 106 valence electrons. The van der Waals surface area contributed by atoms with E-state index in [-0.39, 0.29) is 25.3 Å². The Hall–Kier alpha value is -1.76. The van der Waals surface area contributed by atoms with Gasteiger partial charge in [0.25, 0.3) is 0 Å². The highest BCUT2D eigenvalue weighted by molar-refractivity contribution is 5.87. The minimum Gasteiger partial charge on any atom is -0.492 e. The molecule has 0 unspecified atom stereocenters. The van der Waals surface area contributed by atoms with E-state index in [0.717, 1.165) is 0 Å². The number of ether oxygens (including phenoxy) is 1. The molecule has 1 aromatic carbocycles. The maximum atomic E-state index is 11.8. The van der Waals surface area contributed by atoms with Crippen LogP contribution in [-0.4, -0.2) is 36.9 Å². The maximum Gasteiger partial charge on any atom is 0.390 e. The Morgan fingerprint density at radius 2 is 1.84 bits per heavy atom. The first-order valence-electron chi connectivity index (χ1n) is 5.62. The molecule has 2 N–H and O–H groups in total. The fourth-order valence-electron chi connectivity index (χ4n) is 1.29. The third kappa shape index (κ3) is 6.66. The Bertz CT molecular complexity index is 404. The van der Waals surface area contributed by atoms with E-state index < -0.39 is 18.6 Å². The van der Waals surface area contributed by atoms with Gasteiger partial charge < -0.3 is 15.2 Å². The fourth-order valence-corrected chi connectivity index (χ4v) is 1.29. The lowest BCUT2D eigenvalue weighted by molar-refractivity contribution is -0.133. The first kappa shape index (κ1) is 15.3. The number of carboxylic acid groups (broad SMARTS) is 1. The van der Waals surface area contributed by atoms with Crippen molar-refractivity contribution in [3.8, 4) is 5.75 Å². The highest BCUT2D eigenvalue weighted by Gasteiger charge is 2.25.